The van der Waals surface area contributed by atoms with Crippen molar-refractivity contribution in [1.29, 1.82) is 0 Å². The molecule has 1 aliphatic heterocycles. The van der Waals surface area contributed by atoms with Crippen molar-refractivity contribution in [3.05, 3.63) is 23.3 Å². The van der Waals surface area contributed by atoms with Crippen LogP contribution in [-0.4, -0.2) is 56.8 Å². The predicted molar refractivity (Wildman–Crippen MR) is 92.7 cm³/mol. The highest BCUT2D eigenvalue weighted by atomic mass is 32.2. The van der Waals surface area contributed by atoms with E-state index in [4.69, 9.17) is 4.74 Å². The molecular weight excluding hydrogens is 328 g/mol. The van der Waals surface area contributed by atoms with Crippen LogP contribution in [0.1, 0.15) is 30.9 Å². The number of benzene rings is 1. The van der Waals surface area contributed by atoms with Gasteiger partial charge in [-0.1, -0.05) is 6.92 Å². The lowest BCUT2D eigenvalue weighted by Crippen LogP contribution is -2.37. The Bertz CT molecular complexity index is 716. The lowest BCUT2D eigenvalue weighted by Gasteiger charge is -2.23. The minimum Gasteiger partial charge on any atom is -0.495 e. The molecule has 0 aliphatic carbocycles. The highest BCUT2D eigenvalue weighted by molar-refractivity contribution is 7.89. The van der Waals surface area contributed by atoms with Gasteiger partial charge in [0.2, 0.25) is 15.9 Å². The van der Waals surface area contributed by atoms with Crippen molar-refractivity contribution in [3.8, 4) is 5.75 Å². The van der Waals surface area contributed by atoms with E-state index in [1.807, 2.05) is 20.8 Å². The number of methoxy groups -OCH3 is 1. The van der Waals surface area contributed by atoms with Crippen molar-refractivity contribution in [2.24, 2.45) is 0 Å². The second-order valence-electron chi connectivity index (χ2n) is 6.08. The van der Waals surface area contributed by atoms with Crippen LogP contribution in [0.3, 0.4) is 0 Å². The lowest BCUT2D eigenvalue weighted by atomic mass is 10.1. The predicted octanol–water partition coefficient (Wildman–Crippen LogP) is 1.95. The zero-order valence-electron chi connectivity index (χ0n) is 14.8. The molecule has 6 nitrogen and oxygen atoms in total. The van der Waals surface area contributed by atoms with E-state index in [1.54, 1.807) is 17.0 Å². The molecule has 0 unspecified atom stereocenters. The quantitative estimate of drug-likeness (QED) is 0.829. The average Bonchev–Trinajstić information content (AvgIpc) is 2.82. The summed E-state index contributed by atoms with van der Waals surface area (Å²) >= 11 is 0. The van der Waals surface area contributed by atoms with E-state index in [0.29, 0.717) is 44.8 Å². The molecule has 0 N–H and O–H groups in total. The van der Waals surface area contributed by atoms with Gasteiger partial charge in [0.05, 0.1) is 7.11 Å². The van der Waals surface area contributed by atoms with Crippen LogP contribution in [0.4, 0.5) is 0 Å². The van der Waals surface area contributed by atoms with Gasteiger partial charge in [0.15, 0.2) is 0 Å². The van der Waals surface area contributed by atoms with E-state index in [1.165, 1.54) is 11.4 Å². The van der Waals surface area contributed by atoms with Gasteiger partial charge in [-0.3, -0.25) is 4.79 Å². The number of hydrogen-bond acceptors (Lipinski definition) is 4. The Balaban J connectivity index is 2.31. The second-order valence-corrected chi connectivity index (χ2v) is 7.99. The van der Waals surface area contributed by atoms with Crippen molar-refractivity contribution in [1.82, 2.24) is 9.21 Å². The number of ether oxygens (including phenoxy) is 1. The first kappa shape index (κ1) is 18.7. The Morgan fingerprint density at radius 3 is 2.42 bits per heavy atom. The monoisotopic (exact) mass is 354 g/mol. The van der Waals surface area contributed by atoms with E-state index >= 15 is 0 Å². The van der Waals surface area contributed by atoms with Crippen molar-refractivity contribution >= 4 is 15.9 Å². The van der Waals surface area contributed by atoms with Crippen LogP contribution in [-0.2, 0) is 14.8 Å². The molecular formula is C17H26N2O4S. The molecule has 0 bridgehead atoms. The highest BCUT2D eigenvalue weighted by Crippen LogP contribution is 2.30. The van der Waals surface area contributed by atoms with Crippen molar-refractivity contribution < 1.29 is 17.9 Å². The summed E-state index contributed by atoms with van der Waals surface area (Å²) in [5.41, 5.74) is 1.90. The summed E-state index contributed by atoms with van der Waals surface area (Å²) in [4.78, 5) is 13.8. The number of carbonyl (C=O) groups is 1. The number of nitrogens with zero attached hydrogens (tertiary/aromatic N) is 2. The zero-order chi connectivity index (χ0) is 17.9. The molecule has 1 fully saturated rings. The van der Waals surface area contributed by atoms with Gasteiger partial charge in [-0.05, 0) is 43.5 Å². The molecule has 1 aromatic rings. The molecule has 1 saturated heterocycles. The summed E-state index contributed by atoms with van der Waals surface area (Å²) in [6.45, 7) is 7.38. The lowest BCUT2D eigenvalue weighted by molar-refractivity contribution is -0.130. The Labute approximate surface area is 144 Å². The van der Waals surface area contributed by atoms with Gasteiger partial charge in [0.1, 0.15) is 10.6 Å². The third-order valence-corrected chi connectivity index (χ3v) is 6.43. The van der Waals surface area contributed by atoms with Crippen LogP contribution >= 0.6 is 0 Å². The average molecular weight is 354 g/mol. The number of hydrogen-bond donors (Lipinski definition) is 0. The van der Waals surface area contributed by atoms with Crippen LogP contribution in [0.25, 0.3) is 0 Å². The Morgan fingerprint density at radius 1 is 1.12 bits per heavy atom. The fraction of sp³-hybridized carbons (Fsp3) is 0.588. The summed E-state index contributed by atoms with van der Waals surface area (Å²) in [6.07, 6.45) is 1.08. The molecule has 0 saturated carbocycles. The van der Waals surface area contributed by atoms with E-state index in [9.17, 15) is 13.2 Å². The van der Waals surface area contributed by atoms with Crippen LogP contribution < -0.4 is 4.74 Å². The Kier molecular flexibility index (Phi) is 5.87. The molecule has 7 heteroatoms. The first-order valence-electron chi connectivity index (χ1n) is 8.24. The molecule has 0 aromatic heterocycles. The van der Waals surface area contributed by atoms with Crippen molar-refractivity contribution in [2.45, 2.75) is 38.5 Å². The third kappa shape index (κ3) is 3.72. The summed E-state index contributed by atoms with van der Waals surface area (Å²) in [7, 11) is -2.17. The number of sulfonamides is 1. The topological polar surface area (TPSA) is 66.9 Å². The van der Waals surface area contributed by atoms with Gasteiger partial charge < -0.3 is 9.64 Å². The van der Waals surface area contributed by atoms with E-state index in [0.717, 1.165) is 11.1 Å². The SMILES string of the molecule is CCC(=O)N1CCCN(S(=O)(=O)c2cc(C)c(C)cc2OC)CC1. The van der Waals surface area contributed by atoms with Crippen LogP contribution in [0, 0.1) is 13.8 Å². The fourth-order valence-electron chi connectivity index (χ4n) is 2.87. The molecule has 0 spiro atoms. The molecule has 24 heavy (non-hydrogen) atoms. The molecule has 1 heterocycles. The van der Waals surface area contributed by atoms with Crippen LogP contribution in [0.2, 0.25) is 0 Å². The van der Waals surface area contributed by atoms with Gasteiger partial charge in [0.25, 0.3) is 0 Å². The minimum absolute atomic E-state index is 0.0676. The third-order valence-electron chi connectivity index (χ3n) is 4.51. The summed E-state index contributed by atoms with van der Waals surface area (Å²) in [6, 6.07) is 3.43. The summed E-state index contributed by atoms with van der Waals surface area (Å²) < 4.78 is 32.9. The summed E-state index contributed by atoms with van der Waals surface area (Å²) in [5, 5.41) is 0. The first-order chi connectivity index (χ1) is 11.3. The Morgan fingerprint density at radius 2 is 1.79 bits per heavy atom. The normalized spacial score (nSPS) is 16.8. The van der Waals surface area contributed by atoms with Gasteiger partial charge in [-0.2, -0.15) is 4.31 Å². The standard InChI is InChI=1S/C17H26N2O4S/c1-5-17(20)18-7-6-8-19(10-9-18)24(21,22)16-12-14(3)13(2)11-15(16)23-4/h11-12H,5-10H2,1-4H3. The van der Waals surface area contributed by atoms with Crippen molar-refractivity contribution in [3.63, 3.8) is 0 Å². The number of aryl methyl sites for hydroxylation is 2. The van der Waals surface area contributed by atoms with Gasteiger partial charge in [-0.25, -0.2) is 8.42 Å². The van der Waals surface area contributed by atoms with Crippen molar-refractivity contribution in [2.75, 3.05) is 33.3 Å². The zero-order valence-corrected chi connectivity index (χ0v) is 15.6. The van der Waals surface area contributed by atoms with Gasteiger partial charge in [-0.15, -0.1) is 0 Å². The molecule has 2 rings (SSSR count). The van der Waals surface area contributed by atoms with E-state index in [2.05, 4.69) is 0 Å². The second kappa shape index (κ2) is 7.53. The van der Waals surface area contributed by atoms with Gasteiger partial charge >= 0.3 is 0 Å². The first-order valence-corrected chi connectivity index (χ1v) is 9.68. The highest BCUT2D eigenvalue weighted by Gasteiger charge is 2.30. The van der Waals surface area contributed by atoms with Gasteiger partial charge in [0, 0.05) is 32.6 Å². The van der Waals surface area contributed by atoms with Crippen LogP contribution in [0.15, 0.2) is 17.0 Å². The largest absolute Gasteiger partial charge is 0.495 e. The number of rotatable bonds is 4. The Hall–Kier alpha value is -1.60. The summed E-state index contributed by atoms with van der Waals surface area (Å²) in [5.74, 6) is 0.432. The number of carbonyl (C=O) groups excluding carboxylic acids is 1. The number of amides is 1. The smallest absolute Gasteiger partial charge is 0.246 e. The molecule has 0 atom stereocenters. The molecule has 0 radical (unpaired) electrons. The maximum Gasteiger partial charge on any atom is 0.246 e. The maximum atomic E-state index is 13.1. The van der Waals surface area contributed by atoms with E-state index < -0.39 is 10.0 Å². The fourth-order valence-corrected chi connectivity index (χ4v) is 4.56. The molecule has 1 aliphatic rings. The molecule has 134 valence electrons. The van der Waals surface area contributed by atoms with E-state index in [-0.39, 0.29) is 10.8 Å². The van der Waals surface area contributed by atoms with Crippen LogP contribution in [0.5, 0.6) is 5.75 Å². The molecule has 1 amide bonds. The molecule has 1 aromatic carbocycles. The maximum absolute atomic E-state index is 13.1. The minimum atomic E-state index is -3.65.